The van der Waals surface area contributed by atoms with Gasteiger partial charge in [0.1, 0.15) is 0 Å². The number of aromatic nitrogens is 2. The molecule has 0 amide bonds. The van der Waals surface area contributed by atoms with E-state index in [9.17, 15) is 9.90 Å². The fraction of sp³-hybridized carbons (Fsp3) is 0.500. The van der Waals surface area contributed by atoms with Crippen LogP contribution in [0.1, 0.15) is 60.1 Å². The summed E-state index contributed by atoms with van der Waals surface area (Å²) in [7, 11) is 0. The zero-order valence-electron chi connectivity index (χ0n) is 20.0. The third-order valence-electron chi connectivity index (χ3n) is 9.07. The Morgan fingerprint density at radius 2 is 1.56 bits per heavy atom. The number of fused-ring (bicyclic) bond motifs is 4. The summed E-state index contributed by atoms with van der Waals surface area (Å²) in [5.41, 5.74) is 4.15. The standard InChI is InChI=1S/C28H34N4O2/c1-21-24-8-7-23(26(33)34)19-25(24)29-32(21)28-12-9-27(10-13-28,11-14-28)31-17-15-30(16-18-31)20-22-5-3-2-4-6-22/h2-8,19H,9-18,20H2,1H3,(H,33,34). The Morgan fingerprint density at radius 3 is 2.21 bits per heavy atom. The monoisotopic (exact) mass is 458 g/mol. The Labute approximate surface area is 201 Å². The number of carbonyl (C=O) groups is 1. The lowest BCUT2D eigenvalue weighted by Gasteiger charge is -2.59. The smallest absolute Gasteiger partial charge is 0.335 e. The average molecular weight is 459 g/mol. The van der Waals surface area contributed by atoms with Crippen molar-refractivity contribution in [2.75, 3.05) is 26.2 Å². The zero-order valence-corrected chi connectivity index (χ0v) is 20.0. The number of hydrogen-bond acceptors (Lipinski definition) is 4. The molecule has 1 aliphatic heterocycles. The third kappa shape index (κ3) is 3.55. The van der Waals surface area contributed by atoms with Gasteiger partial charge >= 0.3 is 5.97 Å². The first-order valence-electron chi connectivity index (χ1n) is 12.7. The summed E-state index contributed by atoms with van der Waals surface area (Å²) in [6, 6.07) is 16.2. The Morgan fingerprint density at radius 1 is 0.912 bits per heavy atom. The van der Waals surface area contributed by atoms with Gasteiger partial charge in [0.05, 0.1) is 16.6 Å². The molecule has 0 spiro atoms. The van der Waals surface area contributed by atoms with Crippen molar-refractivity contribution in [1.29, 1.82) is 0 Å². The van der Waals surface area contributed by atoms with Crippen LogP contribution in [0.15, 0.2) is 48.5 Å². The summed E-state index contributed by atoms with van der Waals surface area (Å²) >= 11 is 0. The fourth-order valence-corrected chi connectivity index (χ4v) is 6.97. The molecular formula is C28H34N4O2. The van der Waals surface area contributed by atoms with E-state index in [0.717, 1.165) is 49.8 Å². The van der Waals surface area contributed by atoms with Gasteiger partial charge in [-0.25, -0.2) is 4.79 Å². The van der Waals surface area contributed by atoms with E-state index < -0.39 is 5.97 Å². The quantitative estimate of drug-likeness (QED) is 0.602. The van der Waals surface area contributed by atoms with Crippen LogP contribution in [0.3, 0.4) is 0 Å². The molecule has 4 fully saturated rings. The van der Waals surface area contributed by atoms with Gasteiger partial charge < -0.3 is 5.11 Å². The molecule has 3 saturated carbocycles. The van der Waals surface area contributed by atoms with Crippen LogP contribution < -0.4 is 0 Å². The minimum absolute atomic E-state index is 0.0867. The minimum Gasteiger partial charge on any atom is -0.478 e. The van der Waals surface area contributed by atoms with Crippen LogP contribution in [0.2, 0.25) is 0 Å². The van der Waals surface area contributed by atoms with Crippen molar-refractivity contribution in [2.45, 2.75) is 63.1 Å². The molecule has 6 nitrogen and oxygen atoms in total. The van der Waals surface area contributed by atoms with E-state index in [2.05, 4.69) is 51.7 Å². The van der Waals surface area contributed by atoms with Crippen molar-refractivity contribution in [3.05, 3.63) is 65.4 Å². The number of hydrogen-bond donors (Lipinski definition) is 1. The summed E-state index contributed by atoms with van der Waals surface area (Å²) in [4.78, 5) is 16.8. The van der Waals surface area contributed by atoms with Crippen LogP contribution in [0.25, 0.3) is 10.9 Å². The van der Waals surface area contributed by atoms with Gasteiger partial charge in [-0.15, -0.1) is 0 Å². The summed E-state index contributed by atoms with van der Waals surface area (Å²) in [5.74, 6) is -0.892. The first-order chi connectivity index (χ1) is 16.5. The molecule has 0 unspecified atom stereocenters. The van der Waals surface area contributed by atoms with Gasteiger partial charge in [0.25, 0.3) is 0 Å². The second kappa shape index (κ2) is 8.21. The van der Waals surface area contributed by atoms with Gasteiger partial charge in [-0.2, -0.15) is 5.10 Å². The molecule has 2 aromatic carbocycles. The summed E-state index contributed by atoms with van der Waals surface area (Å²) in [5, 5.41) is 15.4. The highest BCUT2D eigenvalue weighted by Crippen LogP contribution is 2.54. The maximum Gasteiger partial charge on any atom is 0.335 e. The highest BCUT2D eigenvalue weighted by atomic mass is 16.4. The van der Waals surface area contributed by atoms with Crippen molar-refractivity contribution in [3.8, 4) is 0 Å². The number of benzene rings is 2. The lowest BCUT2D eigenvalue weighted by Crippen LogP contribution is -2.63. The molecule has 1 aromatic heterocycles. The van der Waals surface area contributed by atoms with Gasteiger partial charge in [-0.1, -0.05) is 36.4 Å². The first-order valence-corrected chi connectivity index (χ1v) is 12.7. The summed E-state index contributed by atoms with van der Waals surface area (Å²) in [6.07, 6.45) is 7.21. The Balaban J connectivity index is 1.15. The lowest BCUT2D eigenvalue weighted by atomic mass is 9.60. The Hall–Kier alpha value is -2.70. The molecule has 0 atom stereocenters. The molecule has 1 saturated heterocycles. The molecule has 7 rings (SSSR count). The predicted octanol–water partition coefficient (Wildman–Crippen LogP) is 4.66. The number of aromatic carboxylic acids is 1. The maximum absolute atomic E-state index is 11.4. The van der Waals surface area contributed by atoms with Crippen LogP contribution >= 0.6 is 0 Å². The molecule has 6 heteroatoms. The Kier molecular flexibility index (Phi) is 5.26. The normalized spacial score (nSPS) is 27.9. The van der Waals surface area contributed by atoms with Crippen molar-refractivity contribution < 1.29 is 9.90 Å². The van der Waals surface area contributed by atoms with Crippen LogP contribution in [-0.4, -0.2) is 62.4 Å². The SMILES string of the molecule is Cc1c2ccc(C(=O)O)cc2nn1C12CCC(N3CCN(Cc4ccccc4)CC3)(CC1)CC2. The van der Waals surface area contributed by atoms with E-state index in [0.29, 0.717) is 11.1 Å². The van der Waals surface area contributed by atoms with Gasteiger partial charge in [-0.3, -0.25) is 14.5 Å². The van der Waals surface area contributed by atoms with E-state index in [1.807, 2.05) is 6.07 Å². The molecule has 178 valence electrons. The molecule has 34 heavy (non-hydrogen) atoms. The lowest BCUT2D eigenvalue weighted by molar-refractivity contribution is -0.0700. The first kappa shape index (κ1) is 21.8. The maximum atomic E-state index is 11.4. The minimum atomic E-state index is -0.892. The summed E-state index contributed by atoms with van der Waals surface area (Å²) < 4.78 is 2.27. The molecule has 3 aromatic rings. The molecular weight excluding hydrogens is 424 g/mol. The number of nitrogens with zero attached hydrogens (tertiary/aromatic N) is 4. The van der Waals surface area contributed by atoms with Crippen molar-refractivity contribution in [2.24, 2.45) is 0 Å². The van der Waals surface area contributed by atoms with E-state index in [1.165, 1.54) is 43.6 Å². The van der Waals surface area contributed by atoms with Crippen LogP contribution in [0.5, 0.6) is 0 Å². The van der Waals surface area contributed by atoms with Crippen LogP contribution in [0.4, 0.5) is 0 Å². The van der Waals surface area contributed by atoms with Crippen LogP contribution in [0, 0.1) is 6.92 Å². The van der Waals surface area contributed by atoms with E-state index >= 15 is 0 Å². The van der Waals surface area contributed by atoms with Gasteiger partial charge in [-0.05, 0) is 63.1 Å². The fourth-order valence-electron chi connectivity index (χ4n) is 6.97. The summed E-state index contributed by atoms with van der Waals surface area (Å²) in [6.45, 7) is 7.84. The number of carboxylic acid groups (broad SMARTS) is 1. The molecule has 2 heterocycles. The average Bonchev–Trinajstić information content (AvgIpc) is 3.22. The van der Waals surface area contributed by atoms with Crippen molar-refractivity contribution >= 4 is 16.9 Å². The highest BCUT2D eigenvalue weighted by molar-refractivity contribution is 5.93. The van der Waals surface area contributed by atoms with E-state index in [4.69, 9.17) is 5.10 Å². The van der Waals surface area contributed by atoms with Gasteiger partial charge in [0.15, 0.2) is 0 Å². The molecule has 1 N–H and O–H groups in total. The van der Waals surface area contributed by atoms with Crippen LogP contribution in [-0.2, 0) is 12.1 Å². The number of aryl methyl sites for hydroxylation is 1. The second-order valence-electron chi connectivity index (χ2n) is 10.7. The second-order valence-corrected chi connectivity index (χ2v) is 10.7. The predicted molar refractivity (Wildman–Crippen MR) is 133 cm³/mol. The van der Waals surface area contributed by atoms with E-state index in [1.54, 1.807) is 12.1 Å². The van der Waals surface area contributed by atoms with Gasteiger partial charge in [0.2, 0.25) is 0 Å². The number of piperazine rings is 1. The largest absolute Gasteiger partial charge is 0.478 e. The van der Waals surface area contributed by atoms with Crippen molar-refractivity contribution in [1.82, 2.24) is 19.6 Å². The van der Waals surface area contributed by atoms with E-state index in [-0.39, 0.29) is 5.54 Å². The Bertz CT molecular complexity index is 1190. The zero-order chi connectivity index (χ0) is 23.3. The van der Waals surface area contributed by atoms with Gasteiger partial charge in [0, 0.05) is 49.3 Å². The molecule has 4 aliphatic rings. The number of carboxylic acids is 1. The third-order valence-corrected chi connectivity index (χ3v) is 9.07. The highest BCUT2D eigenvalue weighted by Gasteiger charge is 2.53. The number of rotatable bonds is 5. The molecule has 0 radical (unpaired) electrons. The topological polar surface area (TPSA) is 61.6 Å². The van der Waals surface area contributed by atoms with Crippen molar-refractivity contribution in [3.63, 3.8) is 0 Å². The molecule has 3 aliphatic carbocycles. The molecule has 2 bridgehead atoms.